The van der Waals surface area contributed by atoms with Gasteiger partial charge in [0, 0.05) is 13.7 Å². The molecule has 0 aliphatic carbocycles. The highest BCUT2D eigenvalue weighted by molar-refractivity contribution is 5.82. The summed E-state index contributed by atoms with van der Waals surface area (Å²) in [5.74, 6) is -1.34. The fraction of sp³-hybridized carbons (Fsp3) is 0.778. The minimum absolute atomic E-state index is 0.289. The fourth-order valence-electron chi connectivity index (χ4n) is 1.14. The zero-order chi connectivity index (χ0) is 14.1. The van der Waals surface area contributed by atoms with Crippen LogP contribution in [0.15, 0.2) is 0 Å². The summed E-state index contributed by atoms with van der Waals surface area (Å²) in [6.45, 7) is -1.98. The Balaban J connectivity index is 4.50. The third kappa shape index (κ3) is 6.30. The van der Waals surface area contributed by atoms with Crippen molar-refractivity contribution in [1.82, 2.24) is 10.2 Å². The van der Waals surface area contributed by atoms with Gasteiger partial charge < -0.3 is 25.2 Å². The summed E-state index contributed by atoms with van der Waals surface area (Å²) >= 11 is 0. The van der Waals surface area contributed by atoms with E-state index in [9.17, 15) is 18.4 Å². The number of carbonyl (C=O) groups excluding carboxylic acids is 1. The minimum Gasteiger partial charge on any atom is -0.480 e. The first kappa shape index (κ1) is 16.5. The standard InChI is InChI=1S/C9H16F2N2O5/c1-18-5-6(8(15)16)12-9(17)13(2-3-14)4-7(10)11/h6-7,14H,2-5H2,1H3,(H,12,17)(H,15,16). The molecular weight excluding hydrogens is 254 g/mol. The summed E-state index contributed by atoms with van der Waals surface area (Å²) in [6, 6.07) is -2.32. The fourth-order valence-corrected chi connectivity index (χ4v) is 1.14. The molecule has 0 saturated heterocycles. The highest BCUT2D eigenvalue weighted by Gasteiger charge is 2.24. The van der Waals surface area contributed by atoms with Crippen LogP contribution in [0.5, 0.6) is 0 Å². The molecule has 3 N–H and O–H groups in total. The highest BCUT2D eigenvalue weighted by Crippen LogP contribution is 1.99. The molecule has 106 valence electrons. The van der Waals surface area contributed by atoms with Gasteiger partial charge in [-0.1, -0.05) is 0 Å². The van der Waals surface area contributed by atoms with Gasteiger partial charge in [-0.15, -0.1) is 0 Å². The maximum absolute atomic E-state index is 12.2. The van der Waals surface area contributed by atoms with Gasteiger partial charge in [-0.05, 0) is 0 Å². The average Bonchev–Trinajstić information content (AvgIpc) is 2.27. The number of halogens is 2. The van der Waals surface area contributed by atoms with Gasteiger partial charge in [0.05, 0.1) is 19.8 Å². The number of alkyl halides is 2. The zero-order valence-electron chi connectivity index (χ0n) is 9.81. The van der Waals surface area contributed by atoms with Crippen molar-refractivity contribution in [1.29, 1.82) is 0 Å². The van der Waals surface area contributed by atoms with Gasteiger partial charge >= 0.3 is 12.0 Å². The van der Waals surface area contributed by atoms with E-state index in [0.29, 0.717) is 4.90 Å². The number of hydrogen-bond acceptors (Lipinski definition) is 4. The molecule has 1 unspecified atom stereocenters. The first-order valence-corrected chi connectivity index (χ1v) is 5.08. The van der Waals surface area contributed by atoms with Gasteiger partial charge in [-0.25, -0.2) is 18.4 Å². The number of amides is 2. The van der Waals surface area contributed by atoms with E-state index in [1.54, 1.807) is 0 Å². The molecule has 0 fully saturated rings. The summed E-state index contributed by atoms with van der Waals surface area (Å²) in [7, 11) is 1.24. The quantitative estimate of drug-likeness (QED) is 0.544. The molecule has 0 bridgehead atoms. The molecule has 0 aromatic rings. The predicted octanol–water partition coefficient (Wildman–Crippen LogP) is -0.645. The Morgan fingerprint density at radius 1 is 1.44 bits per heavy atom. The second-order valence-electron chi connectivity index (χ2n) is 3.36. The molecule has 9 heteroatoms. The average molecular weight is 270 g/mol. The van der Waals surface area contributed by atoms with Crippen LogP contribution in [0.4, 0.5) is 13.6 Å². The molecular formula is C9H16F2N2O5. The van der Waals surface area contributed by atoms with Crippen LogP contribution in [0.1, 0.15) is 0 Å². The van der Waals surface area contributed by atoms with E-state index < -0.39 is 37.6 Å². The number of hydrogen-bond donors (Lipinski definition) is 3. The Kier molecular flexibility index (Phi) is 7.88. The molecule has 0 heterocycles. The molecule has 0 aliphatic rings. The molecule has 0 aliphatic heterocycles. The van der Waals surface area contributed by atoms with Crippen molar-refractivity contribution in [2.24, 2.45) is 0 Å². The van der Waals surface area contributed by atoms with Crippen LogP contribution in [0.25, 0.3) is 0 Å². The van der Waals surface area contributed by atoms with Crippen LogP contribution in [0.2, 0.25) is 0 Å². The summed E-state index contributed by atoms with van der Waals surface area (Å²) < 4.78 is 28.9. The number of ether oxygens (including phenoxy) is 1. The number of nitrogens with zero attached hydrogens (tertiary/aromatic N) is 1. The van der Waals surface area contributed by atoms with E-state index >= 15 is 0 Å². The number of carboxylic acids is 1. The lowest BCUT2D eigenvalue weighted by Crippen LogP contribution is -2.51. The maximum atomic E-state index is 12.2. The largest absolute Gasteiger partial charge is 0.480 e. The molecule has 0 spiro atoms. The molecule has 7 nitrogen and oxygen atoms in total. The van der Waals surface area contributed by atoms with Crippen molar-refractivity contribution < 1.29 is 33.3 Å². The second-order valence-corrected chi connectivity index (χ2v) is 3.36. The topological polar surface area (TPSA) is 99.1 Å². The van der Waals surface area contributed by atoms with Gasteiger partial charge in [0.15, 0.2) is 6.04 Å². The number of carboxylic acid groups (broad SMARTS) is 1. The third-order valence-electron chi connectivity index (χ3n) is 1.94. The van der Waals surface area contributed by atoms with Crippen molar-refractivity contribution in [3.63, 3.8) is 0 Å². The van der Waals surface area contributed by atoms with Crippen molar-refractivity contribution in [3.8, 4) is 0 Å². The Morgan fingerprint density at radius 3 is 2.44 bits per heavy atom. The van der Waals surface area contributed by atoms with E-state index in [1.807, 2.05) is 5.32 Å². The molecule has 0 rings (SSSR count). The molecule has 18 heavy (non-hydrogen) atoms. The van der Waals surface area contributed by atoms with Crippen LogP contribution in [-0.2, 0) is 9.53 Å². The lowest BCUT2D eigenvalue weighted by Gasteiger charge is -2.23. The summed E-state index contributed by atoms with van der Waals surface area (Å²) in [5.41, 5.74) is 0. The van der Waals surface area contributed by atoms with E-state index in [0.717, 1.165) is 0 Å². The summed E-state index contributed by atoms with van der Waals surface area (Å²) in [4.78, 5) is 22.9. The van der Waals surface area contributed by atoms with Gasteiger partial charge in [0.25, 0.3) is 6.43 Å². The van der Waals surface area contributed by atoms with Crippen LogP contribution in [0.3, 0.4) is 0 Å². The first-order valence-electron chi connectivity index (χ1n) is 5.08. The Labute approximate surface area is 102 Å². The number of aliphatic carboxylic acids is 1. The number of carbonyl (C=O) groups is 2. The number of methoxy groups -OCH3 is 1. The lowest BCUT2D eigenvalue weighted by atomic mass is 10.3. The van der Waals surface area contributed by atoms with E-state index in [4.69, 9.17) is 10.2 Å². The van der Waals surface area contributed by atoms with Crippen molar-refractivity contribution in [2.75, 3.05) is 33.4 Å². The Bertz CT molecular complexity index is 278. The molecule has 0 saturated carbocycles. The molecule has 0 aromatic carbocycles. The van der Waals surface area contributed by atoms with E-state index in [1.165, 1.54) is 7.11 Å². The van der Waals surface area contributed by atoms with Crippen LogP contribution >= 0.6 is 0 Å². The minimum atomic E-state index is -2.77. The smallest absolute Gasteiger partial charge is 0.328 e. The van der Waals surface area contributed by atoms with Crippen molar-refractivity contribution in [2.45, 2.75) is 12.5 Å². The number of rotatable bonds is 8. The normalized spacial score (nSPS) is 12.3. The van der Waals surface area contributed by atoms with Crippen molar-refractivity contribution in [3.05, 3.63) is 0 Å². The highest BCUT2D eigenvalue weighted by atomic mass is 19.3. The van der Waals surface area contributed by atoms with Gasteiger partial charge in [0.1, 0.15) is 0 Å². The number of nitrogens with one attached hydrogen (secondary N) is 1. The SMILES string of the molecule is COCC(NC(=O)N(CCO)CC(F)F)C(=O)O. The van der Waals surface area contributed by atoms with Gasteiger partial charge in [-0.2, -0.15) is 0 Å². The molecule has 0 aromatic heterocycles. The second kappa shape index (κ2) is 8.59. The summed E-state index contributed by atoms with van der Waals surface area (Å²) in [5, 5.41) is 19.4. The Hall–Kier alpha value is -1.48. The van der Waals surface area contributed by atoms with Crippen molar-refractivity contribution >= 4 is 12.0 Å². The Morgan fingerprint density at radius 2 is 2.06 bits per heavy atom. The van der Waals surface area contributed by atoms with Crippen LogP contribution in [0, 0.1) is 0 Å². The first-order chi connectivity index (χ1) is 8.42. The predicted molar refractivity (Wildman–Crippen MR) is 56.5 cm³/mol. The lowest BCUT2D eigenvalue weighted by molar-refractivity contribution is -0.140. The summed E-state index contributed by atoms with van der Waals surface area (Å²) in [6.07, 6.45) is -2.77. The molecule has 2 amide bonds. The molecule has 0 radical (unpaired) electrons. The van der Waals surface area contributed by atoms with Gasteiger partial charge in [-0.3, -0.25) is 0 Å². The van der Waals surface area contributed by atoms with E-state index in [2.05, 4.69) is 4.74 Å². The monoisotopic (exact) mass is 270 g/mol. The zero-order valence-corrected chi connectivity index (χ0v) is 9.81. The third-order valence-corrected chi connectivity index (χ3v) is 1.94. The van der Waals surface area contributed by atoms with Gasteiger partial charge in [0.2, 0.25) is 0 Å². The number of aliphatic hydroxyl groups is 1. The number of urea groups is 1. The molecule has 1 atom stereocenters. The van der Waals surface area contributed by atoms with E-state index in [-0.39, 0.29) is 13.2 Å². The van der Waals surface area contributed by atoms with Crippen LogP contribution in [-0.4, -0.2) is 73.0 Å². The maximum Gasteiger partial charge on any atom is 0.328 e. The number of aliphatic hydroxyl groups excluding tert-OH is 1. The van der Waals surface area contributed by atoms with Crippen LogP contribution < -0.4 is 5.32 Å².